The Bertz CT molecular complexity index is 907. The summed E-state index contributed by atoms with van der Waals surface area (Å²) in [5.74, 6) is -0.575. The van der Waals surface area contributed by atoms with Crippen molar-refractivity contribution in [3.05, 3.63) is 71.4 Å². The molecule has 0 saturated heterocycles. The van der Waals surface area contributed by atoms with Crippen LogP contribution in [0.25, 0.3) is 0 Å². The molecular weight excluding hydrogens is 324 g/mol. The van der Waals surface area contributed by atoms with Crippen molar-refractivity contribution in [3.8, 4) is 12.1 Å². The first-order chi connectivity index (χ1) is 12.3. The molecule has 0 atom stereocenters. The molecule has 2 N–H and O–H groups in total. The van der Waals surface area contributed by atoms with Crippen molar-refractivity contribution in [2.24, 2.45) is 0 Å². The van der Waals surface area contributed by atoms with Crippen molar-refractivity contribution in [3.63, 3.8) is 0 Å². The Kier molecular flexibility index (Phi) is 5.78. The minimum atomic E-state index is -0.575. The molecule has 0 fully saturated rings. The number of hydrogen-bond acceptors (Lipinski definition) is 4. The zero-order valence-corrected chi connectivity index (χ0v) is 15.0. The molecule has 0 radical (unpaired) electrons. The van der Waals surface area contributed by atoms with Crippen LogP contribution in [-0.4, -0.2) is 5.91 Å². The van der Waals surface area contributed by atoms with Gasteiger partial charge in [0.1, 0.15) is 17.7 Å². The molecule has 130 valence electrons. The summed E-state index contributed by atoms with van der Waals surface area (Å²) in [6.45, 7) is 6.39. The van der Waals surface area contributed by atoms with E-state index in [2.05, 4.69) is 31.4 Å². The summed E-state index contributed by atoms with van der Waals surface area (Å²) >= 11 is 0. The molecule has 0 bridgehead atoms. The Balaban J connectivity index is 2.11. The maximum absolute atomic E-state index is 12.3. The Labute approximate surface area is 153 Å². The maximum atomic E-state index is 12.3. The molecule has 2 rings (SSSR count). The van der Waals surface area contributed by atoms with Crippen LogP contribution in [0, 0.1) is 22.7 Å². The van der Waals surface area contributed by atoms with Crippen LogP contribution in [-0.2, 0) is 10.2 Å². The average molecular weight is 344 g/mol. The van der Waals surface area contributed by atoms with Gasteiger partial charge in [-0.2, -0.15) is 10.5 Å². The van der Waals surface area contributed by atoms with Crippen molar-refractivity contribution < 1.29 is 4.79 Å². The van der Waals surface area contributed by atoms with Crippen LogP contribution >= 0.6 is 0 Å². The number of anilines is 2. The van der Waals surface area contributed by atoms with E-state index in [1.54, 1.807) is 24.3 Å². The lowest BCUT2D eigenvalue weighted by Crippen LogP contribution is -2.15. The number of hydrogen-bond donors (Lipinski definition) is 2. The fraction of sp³-hybridized carbons (Fsp3) is 0.190. The number of nitrogens with one attached hydrogen (secondary N) is 2. The predicted molar refractivity (Wildman–Crippen MR) is 102 cm³/mol. The predicted octanol–water partition coefficient (Wildman–Crippen LogP) is 4.31. The van der Waals surface area contributed by atoms with Gasteiger partial charge in [-0.1, -0.05) is 45.0 Å². The summed E-state index contributed by atoms with van der Waals surface area (Å²) in [6, 6.07) is 18.3. The molecule has 5 heteroatoms. The smallest absolute Gasteiger partial charge is 0.267 e. The van der Waals surface area contributed by atoms with Gasteiger partial charge in [-0.05, 0) is 35.2 Å². The van der Waals surface area contributed by atoms with Gasteiger partial charge in [0.15, 0.2) is 0 Å². The number of amides is 1. The average Bonchev–Trinajstić information content (AvgIpc) is 2.62. The van der Waals surface area contributed by atoms with Crippen molar-refractivity contribution in [1.82, 2.24) is 0 Å². The summed E-state index contributed by atoms with van der Waals surface area (Å²) in [5.41, 5.74) is 2.65. The summed E-state index contributed by atoms with van der Waals surface area (Å²) in [4.78, 5) is 12.3. The van der Waals surface area contributed by atoms with E-state index < -0.39 is 5.91 Å². The normalized spacial score (nSPS) is 11.2. The molecule has 0 aliphatic rings. The second-order valence-electron chi connectivity index (χ2n) is 6.75. The van der Waals surface area contributed by atoms with E-state index in [-0.39, 0.29) is 11.0 Å². The van der Waals surface area contributed by atoms with Gasteiger partial charge >= 0.3 is 0 Å². The molecule has 5 nitrogen and oxygen atoms in total. The number of carbonyl (C=O) groups excluding carboxylic acids is 1. The molecule has 26 heavy (non-hydrogen) atoms. The second-order valence-corrected chi connectivity index (χ2v) is 6.75. The minimum Gasteiger partial charge on any atom is -0.360 e. The Morgan fingerprint density at radius 2 is 1.69 bits per heavy atom. The van der Waals surface area contributed by atoms with Gasteiger partial charge in [0, 0.05) is 11.9 Å². The molecule has 0 aliphatic carbocycles. The molecule has 2 aromatic carbocycles. The zero-order valence-electron chi connectivity index (χ0n) is 15.0. The molecule has 1 amide bonds. The van der Waals surface area contributed by atoms with E-state index in [1.165, 1.54) is 11.8 Å². The first-order valence-electron chi connectivity index (χ1n) is 8.13. The third-order valence-electron chi connectivity index (χ3n) is 3.79. The molecule has 0 saturated carbocycles. The van der Waals surface area contributed by atoms with Gasteiger partial charge < -0.3 is 10.6 Å². The Morgan fingerprint density at radius 1 is 1.04 bits per heavy atom. The number of para-hydroxylation sites is 1. The molecule has 0 heterocycles. The molecule has 0 aromatic heterocycles. The van der Waals surface area contributed by atoms with Crippen LogP contribution in [0.4, 0.5) is 11.4 Å². The molecule has 0 aliphatic heterocycles. The highest BCUT2D eigenvalue weighted by Crippen LogP contribution is 2.23. The molecule has 2 aromatic rings. The van der Waals surface area contributed by atoms with E-state index in [0.717, 1.165) is 5.69 Å². The van der Waals surface area contributed by atoms with E-state index in [9.17, 15) is 10.1 Å². The van der Waals surface area contributed by atoms with Gasteiger partial charge in [0.2, 0.25) is 0 Å². The summed E-state index contributed by atoms with van der Waals surface area (Å²) < 4.78 is 0. The third-order valence-corrected chi connectivity index (χ3v) is 3.79. The number of nitrogens with zero attached hydrogens (tertiary/aromatic N) is 2. The number of rotatable bonds is 4. The van der Waals surface area contributed by atoms with E-state index in [1.807, 2.05) is 36.4 Å². The minimum absolute atomic E-state index is 0.0558. The van der Waals surface area contributed by atoms with Crippen LogP contribution < -0.4 is 10.6 Å². The SMILES string of the molecule is CC(C)(C)c1ccc(N/C=C(/C#N)C(=O)Nc2ccccc2C#N)cc1. The zero-order chi connectivity index (χ0) is 19.2. The summed E-state index contributed by atoms with van der Waals surface area (Å²) in [7, 11) is 0. The van der Waals surface area contributed by atoms with Gasteiger partial charge in [0.05, 0.1) is 11.3 Å². The maximum Gasteiger partial charge on any atom is 0.267 e. The molecule has 0 unspecified atom stereocenters. The summed E-state index contributed by atoms with van der Waals surface area (Å²) in [5, 5.41) is 23.9. The second kappa shape index (κ2) is 8.00. The molecule has 0 spiro atoms. The van der Waals surface area contributed by atoms with Crippen LogP contribution in [0.5, 0.6) is 0 Å². The lowest BCUT2D eigenvalue weighted by atomic mass is 9.87. The largest absolute Gasteiger partial charge is 0.360 e. The third kappa shape index (κ3) is 4.72. The Morgan fingerprint density at radius 3 is 2.27 bits per heavy atom. The summed E-state index contributed by atoms with van der Waals surface area (Å²) in [6.07, 6.45) is 1.36. The molecular formula is C21H20N4O. The lowest BCUT2D eigenvalue weighted by molar-refractivity contribution is -0.112. The number of benzene rings is 2. The quantitative estimate of drug-likeness (QED) is 0.639. The monoisotopic (exact) mass is 344 g/mol. The number of carbonyl (C=O) groups is 1. The highest BCUT2D eigenvalue weighted by atomic mass is 16.1. The van der Waals surface area contributed by atoms with Crippen LogP contribution in [0.3, 0.4) is 0 Å². The van der Waals surface area contributed by atoms with Crippen molar-refractivity contribution in [2.45, 2.75) is 26.2 Å². The van der Waals surface area contributed by atoms with Gasteiger partial charge in [-0.3, -0.25) is 4.79 Å². The van der Waals surface area contributed by atoms with E-state index in [0.29, 0.717) is 11.3 Å². The topological polar surface area (TPSA) is 88.7 Å². The highest BCUT2D eigenvalue weighted by Gasteiger charge is 2.13. The van der Waals surface area contributed by atoms with Gasteiger partial charge in [0.25, 0.3) is 5.91 Å². The van der Waals surface area contributed by atoms with Gasteiger partial charge in [-0.25, -0.2) is 0 Å². The standard InChI is InChI=1S/C21H20N4O/c1-21(2,3)17-8-10-18(11-9-17)24-14-16(13-23)20(26)25-19-7-5-4-6-15(19)12-22/h4-11,14,24H,1-3H3,(H,25,26)/b16-14-. The van der Waals surface area contributed by atoms with E-state index in [4.69, 9.17) is 5.26 Å². The fourth-order valence-corrected chi connectivity index (χ4v) is 2.25. The van der Waals surface area contributed by atoms with Crippen molar-refractivity contribution in [2.75, 3.05) is 10.6 Å². The highest BCUT2D eigenvalue weighted by molar-refractivity contribution is 6.07. The van der Waals surface area contributed by atoms with Crippen molar-refractivity contribution in [1.29, 1.82) is 10.5 Å². The first kappa shape index (κ1) is 18.8. The number of nitriles is 2. The van der Waals surface area contributed by atoms with E-state index >= 15 is 0 Å². The van der Waals surface area contributed by atoms with Gasteiger partial charge in [-0.15, -0.1) is 0 Å². The Hall–Kier alpha value is -3.57. The van der Waals surface area contributed by atoms with Crippen molar-refractivity contribution >= 4 is 17.3 Å². The fourth-order valence-electron chi connectivity index (χ4n) is 2.25. The lowest BCUT2D eigenvalue weighted by Gasteiger charge is -2.19. The first-order valence-corrected chi connectivity index (χ1v) is 8.13. The van der Waals surface area contributed by atoms with Crippen LogP contribution in [0.2, 0.25) is 0 Å². The van der Waals surface area contributed by atoms with Crippen LogP contribution in [0.15, 0.2) is 60.3 Å². The van der Waals surface area contributed by atoms with Crippen LogP contribution in [0.1, 0.15) is 31.9 Å².